The number of aliphatic carboxylic acids is 1. The van der Waals surface area contributed by atoms with Crippen LogP contribution in [0.4, 0.5) is 20.5 Å². The molecule has 0 spiro atoms. The zero-order chi connectivity index (χ0) is 27.7. The third-order valence-electron chi connectivity index (χ3n) is 7.59. The number of likely N-dealkylation sites (tertiary alicyclic amines) is 1. The van der Waals surface area contributed by atoms with Gasteiger partial charge in [-0.25, -0.2) is 8.78 Å². The fourth-order valence-electron chi connectivity index (χ4n) is 5.35. The smallest absolute Gasteiger partial charge is 0.306 e. The van der Waals surface area contributed by atoms with E-state index in [1.165, 1.54) is 11.0 Å². The minimum Gasteiger partial charge on any atom is -0.481 e. The Bertz CT molecular complexity index is 1370. The highest BCUT2D eigenvalue weighted by molar-refractivity contribution is 6.30. The molecule has 2 aliphatic rings. The molecular formula is C28H30ClF2N3O5. The van der Waals surface area contributed by atoms with Gasteiger partial charge < -0.3 is 24.5 Å². The fraction of sp³-hybridized carbons (Fsp3) is 0.464. The first-order valence-corrected chi connectivity index (χ1v) is 13.4. The number of anilines is 2. The van der Waals surface area contributed by atoms with Crippen LogP contribution in [0.25, 0.3) is 11.1 Å². The van der Waals surface area contributed by atoms with Crippen molar-refractivity contribution in [3.05, 3.63) is 52.3 Å². The highest BCUT2D eigenvalue weighted by Gasteiger charge is 2.37. The van der Waals surface area contributed by atoms with Crippen molar-refractivity contribution in [2.75, 3.05) is 18.5 Å². The molecule has 1 aromatic heterocycles. The van der Waals surface area contributed by atoms with Crippen LogP contribution >= 0.6 is 11.6 Å². The molecule has 1 aliphatic carbocycles. The molecule has 0 bridgehead atoms. The number of carboxylic acid groups (broad SMARTS) is 1. The number of carboxylic acids is 1. The Hall–Kier alpha value is -3.24. The van der Waals surface area contributed by atoms with Gasteiger partial charge in [0.15, 0.2) is 11.4 Å². The van der Waals surface area contributed by atoms with Crippen molar-refractivity contribution in [3.8, 4) is 0 Å². The predicted molar refractivity (Wildman–Crippen MR) is 141 cm³/mol. The van der Waals surface area contributed by atoms with Gasteiger partial charge >= 0.3 is 5.97 Å². The molecule has 2 N–H and O–H groups in total. The maximum atomic E-state index is 15.4. The Balaban J connectivity index is 1.23. The van der Waals surface area contributed by atoms with Gasteiger partial charge in [-0.3, -0.25) is 9.59 Å². The van der Waals surface area contributed by atoms with Crippen molar-refractivity contribution < 1.29 is 32.6 Å². The average Bonchev–Trinajstić information content (AvgIpc) is 3.50. The van der Waals surface area contributed by atoms with E-state index in [0.717, 1.165) is 5.56 Å². The summed E-state index contributed by atoms with van der Waals surface area (Å²) in [6, 6.07) is 8.00. The number of halogens is 3. The molecule has 2 atom stereocenters. The molecule has 208 valence electrons. The van der Waals surface area contributed by atoms with Crippen LogP contribution in [0.5, 0.6) is 0 Å². The Labute approximate surface area is 229 Å². The van der Waals surface area contributed by atoms with Crippen LogP contribution < -0.4 is 5.32 Å². The molecule has 2 fully saturated rings. The number of fused-ring (bicyclic) bond motifs is 1. The summed E-state index contributed by atoms with van der Waals surface area (Å²) in [6.45, 7) is 1.97. The number of hydrogen-bond acceptors (Lipinski definition) is 6. The molecule has 5 rings (SSSR count). The van der Waals surface area contributed by atoms with Crippen LogP contribution in [0.2, 0.25) is 5.02 Å². The molecule has 8 nitrogen and oxygen atoms in total. The van der Waals surface area contributed by atoms with Crippen molar-refractivity contribution in [1.82, 2.24) is 9.88 Å². The summed E-state index contributed by atoms with van der Waals surface area (Å²) in [4.78, 5) is 30.0. The number of carbonyl (C=O) groups is 2. The lowest BCUT2D eigenvalue weighted by Gasteiger charge is -2.29. The van der Waals surface area contributed by atoms with Gasteiger partial charge in [0.05, 0.1) is 37.6 Å². The van der Waals surface area contributed by atoms with Crippen LogP contribution in [0.15, 0.2) is 34.7 Å². The van der Waals surface area contributed by atoms with Gasteiger partial charge in [-0.05, 0) is 56.4 Å². The molecule has 0 unspecified atom stereocenters. The van der Waals surface area contributed by atoms with E-state index < -0.39 is 29.9 Å². The van der Waals surface area contributed by atoms with E-state index in [9.17, 15) is 14.0 Å². The lowest BCUT2D eigenvalue weighted by atomic mass is 9.87. The molecule has 1 aliphatic heterocycles. The summed E-state index contributed by atoms with van der Waals surface area (Å²) in [5, 5.41) is 12.7. The van der Waals surface area contributed by atoms with Gasteiger partial charge in [-0.15, -0.1) is 0 Å². The summed E-state index contributed by atoms with van der Waals surface area (Å²) in [7, 11) is 0. The van der Waals surface area contributed by atoms with Crippen LogP contribution in [-0.2, 0) is 20.7 Å². The molecular weight excluding hydrogens is 532 g/mol. The van der Waals surface area contributed by atoms with Crippen LogP contribution in [0, 0.1) is 18.7 Å². The number of rotatable bonds is 8. The molecule has 1 saturated heterocycles. The number of nitrogens with one attached hydrogen (secondary N) is 1. The van der Waals surface area contributed by atoms with Crippen molar-refractivity contribution >= 4 is 46.3 Å². The molecule has 11 heteroatoms. The third-order valence-corrected chi connectivity index (χ3v) is 7.83. The first-order chi connectivity index (χ1) is 18.7. The number of oxazole rings is 1. The van der Waals surface area contributed by atoms with Crippen molar-refractivity contribution in [2.24, 2.45) is 5.92 Å². The lowest BCUT2D eigenvalue weighted by Crippen LogP contribution is -2.40. The second-order valence-electron chi connectivity index (χ2n) is 10.3. The van der Waals surface area contributed by atoms with Crippen molar-refractivity contribution in [2.45, 2.75) is 63.8 Å². The quantitative estimate of drug-likeness (QED) is 0.357. The number of aromatic nitrogens is 1. The Morgan fingerprint density at radius 3 is 2.74 bits per heavy atom. The number of ether oxygens (including phenoxy) is 1. The Kier molecular flexibility index (Phi) is 8.04. The highest BCUT2D eigenvalue weighted by atomic mass is 35.5. The molecule has 2 heterocycles. The first-order valence-electron chi connectivity index (χ1n) is 13.1. The van der Waals surface area contributed by atoms with E-state index in [4.69, 9.17) is 25.9 Å². The zero-order valence-electron chi connectivity index (χ0n) is 21.5. The van der Waals surface area contributed by atoms with E-state index in [1.54, 1.807) is 18.2 Å². The van der Waals surface area contributed by atoms with E-state index in [2.05, 4.69) is 10.3 Å². The fourth-order valence-corrected chi connectivity index (χ4v) is 5.52. The zero-order valence-corrected chi connectivity index (χ0v) is 22.2. The minimum atomic E-state index is -1.18. The Morgan fingerprint density at radius 1 is 1.23 bits per heavy atom. The molecule has 39 heavy (non-hydrogen) atoms. The second-order valence-corrected chi connectivity index (χ2v) is 10.8. The standard InChI is InChI=1S/C28H30ClF2N3O5/c1-15-2-6-18(29)11-23(15)33-28-32-22-9-5-17(25(31)26(22)39-28)10-24(35)34-13-19(30)12-20(34)14-38-21-7-3-16(4-8-21)27(36)37/h2,5-6,9,11,16,19-21H,3-4,7-8,10,12-14H2,1H3,(H,32,33)(H,36,37)/t16?,19-,20-,21?/m0/s1. The summed E-state index contributed by atoms with van der Waals surface area (Å²) in [5.74, 6) is -2.23. The van der Waals surface area contributed by atoms with Gasteiger partial charge in [-0.2, -0.15) is 4.98 Å². The average molecular weight is 562 g/mol. The SMILES string of the molecule is Cc1ccc(Cl)cc1Nc1nc2ccc(CC(=O)N3C[C@@H](F)C[C@H]3COC3CCC(C(=O)O)CC3)c(F)c2o1. The van der Waals surface area contributed by atoms with Gasteiger partial charge in [-0.1, -0.05) is 23.7 Å². The number of aryl methyl sites for hydroxylation is 1. The summed E-state index contributed by atoms with van der Waals surface area (Å²) in [6.07, 6.45) is 0.913. The highest BCUT2D eigenvalue weighted by Crippen LogP contribution is 2.31. The van der Waals surface area contributed by atoms with Crippen LogP contribution in [0.1, 0.15) is 43.2 Å². The number of nitrogens with zero attached hydrogens (tertiary/aromatic N) is 2. The van der Waals surface area contributed by atoms with E-state index in [-0.39, 0.29) is 55.2 Å². The third kappa shape index (κ3) is 6.17. The second kappa shape index (κ2) is 11.5. The predicted octanol–water partition coefficient (Wildman–Crippen LogP) is 5.81. The number of benzene rings is 2. The molecule has 3 aromatic rings. The minimum absolute atomic E-state index is 0.0716. The normalized spacial score (nSPS) is 23.3. The van der Waals surface area contributed by atoms with Crippen LogP contribution in [0.3, 0.4) is 0 Å². The molecule has 0 radical (unpaired) electrons. The maximum absolute atomic E-state index is 15.4. The van der Waals surface area contributed by atoms with Gasteiger partial charge in [0.1, 0.15) is 11.7 Å². The summed E-state index contributed by atoms with van der Waals surface area (Å²) in [5.41, 5.74) is 1.91. The monoisotopic (exact) mass is 561 g/mol. The van der Waals surface area contributed by atoms with Gasteiger partial charge in [0.25, 0.3) is 6.01 Å². The largest absolute Gasteiger partial charge is 0.481 e. The molecule has 2 aromatic carbocycles. The topological polar surface area (TPSA) is 105 Å². The molecule has 1 amide bonds. The maximum Gasteiger partial charge on any atom is 0.306 e. The van der Waals surface area contributed by atoms with Crippen LogP contribution in [-0.4, -0.2) is 58.3 Å². The first kappa shape index (κ1) is 27.3. The van der Waals surface area contributed by atoms with E-state index in [1.807, 2.05) is 13.0 Å². The van der Waals surface area contributed by atoms with E-state index in [0.29, 0.717) is 41.9 Å². The van der Waals surface area contributed by atoms with Crippen molar-refractivity contribution in [3.63, 3.8) is 0 Å². The Morgan fingerprint density at radius 2 is 2.00 bits per heavy atom. The number of amides is 1. The lowest BCUT2D eigenvalue weighted by molar-refractivity contribution is -0.144. The number of hydrogen-bond donors (Lipinski definition) is 2. The number of alkyl halides is 1. The van der Waals surface area contributed by atoms with Gasteiger partial charge in [0, 0.05) is 22.7 Å². The van der Waals surface area contributed by atoms with Gasteiger partial charge in [0.2, 0.25) is 5.91 Å². The number of carbonyl (C=O) groups excluding carboxylic acids is 1. The van der Waals surface area contributed by atoms with E-state index >= 15 is 4.39 Å². The molecule has 1 saturated carbocycles. The summed E-state index contributed by atoms with van der Waals surface area (Å²) < 4.78 is 41.3. The summed E-state index contributed by atoms with van der Waals surface area (Å²) >= 11 is 6.07. The van der Waals surface area contributed by atoms with Crippen molar-refractivity contribution in [1.29, 1.82) is 0 Å².